The second-order valence-electron chi connectivity index (χ2n) is 7.14. The Labute approximate surface area is 179 Å². The molecule has 2 N–H and O–H groups in total. The van der Waals surface area contributed by atoms with E-state index < -0.39 is 5.91 Å². The third-order valence-corrected chi connectivity index (χ3v) is 4.87. The number of amides is 2. The average molecular weight is 414 g/mol. The number of nitrogens with zero attached hydrogens (tertiary/aromatic N) is 2. The Morgan fingerprint density at radius 1 is 0.968 bits per heavy atom. The van der Waals surface area contributed by atoms with Gasteiger partial charge in [-0.1, -0.05) is 36.4 Å². The molecule has 4 aromatic rings. The van der Waals surface area contributed by atoms with E-state index in [0.29, 0.717) is 17.1 Å². The third-order valence-electron chi connectivity index (χ3n) is 4.87. The van der Waals surface area contributed by atoms with E-state index in [1.54, 1.807) is 24.5 Å². The first-order valence-electron chi connectivity index (χ1n) is 9.86. The highest BCUT2D eigenvalue weighted by Gasteiger charge is 2.19. The normalized spacial score (nSPS) is 10.6. The molecule has 7 nitrogen and oxygen atoms in total. The molecule has 2 aromatic heterocycles. The van der Waals surface area contributed by atoms with E-state index in [0.717, 1.165) is 22.5 Å². The van der Waals surface area contributed by atoms with Gasteiger partial charge in [0, 0.05) is 11.8 Å². The zero-order valence-corrected chi connectivity index (χ0v) is 17.3. The molecule has 0 bridgehead atoms. The van der Waals surface area contributed by atoms with Crippen molar-refractivity contribution in [1.82, 2.24) is 15.1 Å². The first kappa shape index (κ1) is 20.2. The van der Waals surface area contributed by atoms with Gasteiger partial charge in [0.25, 0.3) is 5.91 Å². The minimum atomic E-state index is -0.411. The molecule has 156 valence electrons. The maximum Gasteiger partial charge on any atom is 0.270 e. The van der Waals surface area contributed by atoms with Gasteiger partial charge in [-0.15, -0.1) is 0 Å². The molecular weight excluding hydrogens is 392 g/mol. The van der Waals surface area contributed by atoms with E-state index in [4.69, 9.17) is 4.42 Å². The van der Waals surface area contributed by atoms with Crippen LogP contribution in [0.4, 0.5) is 5.69 Å². The molecule has 2 heterocycles. The van der Waals surface area contributed by atoms with Crippen LogP contribution in [0.2, 0.25) is 0 Å². The predicted octanol–water partition coefficient (Wildman–Crippen LogP) is 4.12. The van der Waals surface area contributed by atoms with Crippen LogP contribution in [0.3, 0.4) is 0 Å². The van der Waals surface area contributed by atoms with Gasteiger partial charge < -0.3 is 15.1 Å². The molecule has 0 spiro atoms. The molecule has 7 heteroatoms. The summed E-state index contributed by atoms with van der Waals surface area (Å²) in [6.07, 6.45) is 1.55. The highest BCUT2D eigenvalue weighted by atomic mass is 16.3. The molecule has 0 radical (unpaired) electrons. The van der Waals surface area contributed by atoms with Crippen molar-refractivity contribution in [2.45, 2.75) is 13.8 Å². The summed E-state index contributed by atoms with van der Waals surface area (Å²) >= 11 is 0. The lowest BCUT2D eigenvalue weighted by molar-refractivity contribution is -0.115. The van der Waals surface area contributed by atoms with E-state index in [2.05, 4.69) is 15.7 Å². The Balaban J connectivity index is 1.53. The maximum absolute atomic E-state index is 12.9. The Kier molecular flexibility index (Phi) is 5.66. The lowest BCUT2D eigenvalue weighted by atomic mass is 10.1. The van der Waals surface area contributed by atoms with Gasteiger partial charge in [0.05, 0.1) is 18.5 Å². The number of aromatic nitrogens is 2. The number of aryl methyl sites for hydroxylation is 2. The molecule has 0 atom stereocenters. The second kappa shape index (κ2) is 8.71. The highest BCUT2D eigenvalue weighted by Crippen LogP contribution is 2.22. The number of hydrogen-bond donors (Lipinski definition) is 2. The SMILES string of the molecule is Cc1cccc(C)c1NC(=O)CNC(=O)c1cc(-c2ccco2)nn1-c1ccccc1. The monoisotopic (exact) mass is 414 g/mol. The second-order valence-corrected chi connectivity index (χ2v) is 7.14. The number of hydrogen-bond acceptors (Lipinski definition) is 4. The van der Waals surface area contributed by atoms with Crippen LogP contribution in [0.5, 0.6) is 0 Å². The third kappa shape index (κ3) is 4.40. The van der Waals surface area contributed by atoms with Crippen molar-refractivity contribution in [3.05, 3.63) is 89.8 Å². The summed E-state index contributed by atoms with van der Waals surface area (Å²) in [6, 6.07) is 20.3. The number of anilines is 1. The Hall–Kier alpha value is -4.13. The number of rotatable bonds is 6. The fourth-order valence-electron chi connectivity index (χ4n) is 3.30. The fourth-order valence-corrected chi connectivity index (χ4v) is 3.30. The fraction of sp³-hybridized carbons (Fsp3) is 0.125. The van der Waals surface area contributed by atoms with Gasteiger partial charge in [0.1, 0.15) is 11.4 Å². The summed E-state index contributed by atoms with van der Waals surface area (Å²) in [5, 5.41) is 10.1. The average Bonchev–Trinajstić information content (AvgIpc) is 3.45. The number of furan rings is 1. The van der Waals surface area contributed by atoms with Crippen molar-refractivity contribution < 1.29 is 14.0 Å². The van der Waals surface area contributed by atoms with Crippen LogP contribution in [-0.4, -0.2) is 28.1 Å². The number of carbonyl (C=O) groups excluding carboxylic acids is 2. The van der Waals surface area contributed by atoms with E-state index >= 15 is 0 Å². The molecule has 0 aliphatic heterocycles. The summed E-state index contributed by atoms with van der Waals surface area (Å²) < 4.78 is 6.96. The number of para-hydroxylation sites is 2. The smallest absolute Gasteiger partial charge is 0.270 e. The number of carbonyl (C=O) groups is 2. The standard InChI is InChI=1S/C24H22N4O3/c1-16-8-6-9-17(2)23(16)26-22(29)15-25-24(30)20-14-19(21-12-7-13-31-21)27-28(20)18-10-4-3-5-11-18/h3-14H,15H2,1-2H3,(H,25,30)(H,26,29). The molecule has 2 aromatic carbocycles. The van der Waals surface area contributed by atoms with Gasteiger partial charge in [0.15, 0.2) is 5.76 Å². The summed E-state index contributed by atoms with van der Waals surface area (Å²) in [5.41, 5.74) is 4.24. The van der Waals surface area contributed by atoms with Crippen LogP contribution >= 0.6 is 0 Å². The van der Waals surface area contributed by atoms with Crippen molar-refractivity contribution in [3.63, 3.8) is 0 Å². The summed E-state index contributed by atoms with van der Waals surface area (Å²) in [7, 11) is 0. The zero-order valence-electron chi connectivity index (χ0n) is 17.3. The van der Waals surface area contributed by atoms with Crippen molar-refractivity contribution in [3.8, 4) is 17.1 Å². The van der Waals surface area contributed by atoms with Gasteiger partial charge in [-0.25, -0.2) is 4.68 Å². The highest BCUT2D eigenvalue weighted by molar-refractivity contribution is 5.99. The van der Waals surface area contributed by atoms with Crippen LogP contribution in [0.25, 0.3) is 17.1 Å². The minimum Gasteiger partial charge on any atom is -0.463 e. The largest absolute Gasteiger partial charge is 0.463 e. The van der Waals surface area contributed by atoms with E-state index in [1.807, 2.05) is 62.4 Å². The topological polar surface area (TPSA) is 89.2 Å². The lowest BCUT2D eigenvalue weighted by Gasteiger charge is -2.12. The van der Waals surface area contributed by atoms with Gasteiger partial charge >= 0.3 is 0 Å². The number of nitrogens with one attached hydrogen (secondary N) is 2. The summed E-state index contributed by atoms with van der Waals surface area (Å²) in [4.78, 5) is 25.4. The van der Waals surface area contributed by atoms with E-state index in [-0.39, 0.29) is 12.5 Å². The van der Waals surface area contributed by atoms with Crippen molar-refractivity contribution in [2.24, 2.45) is 0 Å². The molecule has 0 unspecified atom stereocenters. The zero-order chi connectivity index (χ0) is 21.8. The quantitative estimate of drug-likeness (QED) is 0.497. The van der Waals surface area contributed by atoms with Gasteiger partial charge in [-0.3, -0.25) is 9.59 Å². The van der Waals surface area contributed by atoms with Crippen LogP contribution in [0.15, 0.2) is 77.4 Å². The lowest BCUT2D eigenvalue weighted by Crippen LogP contribution is -2.34. The van der Waals surface area contributed by atoms with E-state index in [1.165, 1.54) is 4.68 Å². The Bertz CT molecular complexity index is 1190. The molecule has 0 saturated carbocycles. The number of benzene rings is 2. The van der Waals surface area contributed by atoms with Crippen LogP contribution < -0.4 is 10.6 Å². The molecule has 0 saturated heterocycles. The minimum absolute atomic E-state index is 0.164. The molecular formula is C24H22N4O3. The molecule has 0 aliphatic carbocycles. The van der Waals surface area contributed by atoms with Crippen LogP contribution in [0, 0.1) is 13.8 Å². The molecule has 0 aliphatic rings. The molecule has 4 rings (SSSR count). The summed E-state index contributed by atoms with van der Waals surface area (Å²) in [5.74, 6) is -0.162. The maximum atomic E-state index is 12.9. The molecule has 2 amide bonds. The Morgan fingerprint density at radius 3 is 2.39 bits per heavy atom. The van der Waals surface area contributed by atoms with Gasteiger partial charge in [0.2, 0.25) is 5.91 Å². The van der Waals surface area contributed by atoms with Crippen LogP contribution in [0.1, 0.15) is 21.6 Å². The Morgan fingerprint density at radius 2 is 1.71 bits per heavy atom. The predicted molar refractivity (Wildman–Crippen MR) is 118 cm³/mol. The molecule has 0 fully saturated rings. The van der Waals surface area contributed by atoms with Gasteiger partial charge in [-0.05, 0) is 49.2 Å². The van der Waals surface area contributed by atoms with Gasteiger partial charge in [-0.2, -0.15) is 5.10 Å². The van der Waals surface area contributed by atoms with Crippen molar-refractivity contribution in [1.29, 1.82) is 0 Å². The van der Waals surface area contributed by atoms with Crippen LogP contribution in [-0.2, 0) is 4.79 Å². The first-order chi connectivity index (χ1) is 15.0. The van der Waals surface area contributed by atoms with Crippen molar-refractivity contribution >= 4 is 17.5 Å². The molecule has 31 heavy (non-hydrogen) atoms. The van der Waals surface area contributed by atoms with E-state index in [9.17, 15) is 9.59 Å². The first-order valence-corrected chi connectivity index (χ1v) is 9.86. The summed E-state index contributed by atoms with van der Waals surface area (Å²) in [6.45, 7) is 3.69. The van der Waals surface area contributed by atoms with Crippen molar-refractivity contribution in [2.75, 3.05) is 11.9 Å².